The summed E-state index contributed by atoms with van der Waals surface area (Å²) in [6.45, 7) is 7.75. The first kappa shape index (κ1) is 14.5. The van der Waals surface area contributed by atoms with E-state index in [1.807, 2.05) is 39.8 Å². The first-order chi connectivity index (χ1) is 7.84. The topological polar surface area (TPSA) is 42.3 Å². The van der Waals surface area contributed by atoms with E-state index in [0.717, 1.165) is 22.3 Å². The van der Waals surface area contributed by atoms with Gasteiger partial charge in [-0.25, -0.2) is 9.19 Å². The van der Waals surface area contributed by atoms with Crippen LogP contribution in [0.25, 0.3) is 0 Å². The molecular formula is C12H17BrN2OS. The van der Waals surface area contributed by atoms with Gasteiger partial charge < -0.3 is 0 Å². The SMILES string of the molecule is CCC(=NS(=O)C(C)(C)C)c1ccc(Br)nc1. The quantitative estimate of drug-likeness (QED) is 0.632. The zero-order valence-corrected chi connectivity index (χ0v) is 12.9. The number of hydrogen-bond acceptors (Lipinski definition) is 2. The molecule has 0 aromatic carbocycles. The lowest BCUT2D eigenvalue weighted by Crippen LogP contribution is -2.21. The minimum atomic E-state index is -1.22. The Labute approximate surface area is 113 Å². The summed E-state index contributed by atoms with van der Waals surface area (Å²) in [5.74, 6) is 0. The third-order valence-electron chi connectivity index (χ3n) is 2.11. The molecule has 0 spiro atoms. The van der Waals surface area contributed by atoms with Crippen LogP contribution in [0.15, 0.2) is 27.3 Å². The Morgan fingerprint density at radius 1 is 1.47 bits per heavy atom. The van der Waals surface area contributed by atoms with Crippen molar-refractivity contribution in [3.63, 3.8) is 0 Å². The lowest BCUT2D eigenvalue weighted by Gasteiger charge is -2.14. The number of hydrogen-bond donors (Lipinski definition) is 0. The molecule has 0 aliphatic carbocycles. The van der Waals surface area contributed by atoms with Gasteiger partial charge >= 0.3 is 0 Å². The number of halogens is 1. The lowest BCUT2D eigenvalue weighted by molar-refractivity contribution is 0.650. The molecule has 94 valence electrons. The van der Waals surface area contributed by atoms with E-state index in [2.05, 4.69) is 25.3 Å². The molecule has 0 N–H and O–H groups in total. The number of rotatable bonds is 3. The van der Waals surface area contributed by atoms with E-state index in [0.29, 0.717) is 0 Å². The maximum atomic E-state index is 12.0. The van der Waals surface area contributed by atoms with Gasteiger partial charge in [0.1, 0.15) is 15.6 Å². The fourth-order valence-corrected chi connectivity index (χ4v) is 2.05. The summed E-state index contributed by atoms with van der Waals surface area (Å²) in [5, 5.41) is 0. The molecule has 1 aromatic rings. The van der Waals surface area contributed by atoms with Crippen molar-refractivity contribution in [2.45, 2.75) is 38.9 Å². The highest BCUT2D eigenvalue weighted by Crippen LogP contribution is 2.15. The predicted molar refractivity (Wildman–Crippen MR) is 76.7 cm³/mol. The molecule has 0 fully saturated rings. The molecular weight excluding hydrogens is 300 g/mol. The van der Waals surface area contributed by atoms with Crippen molar-refractivity contribution in [1.29, 1.82) is 0 Å². The summed E-state index contributed by atoms with van der Waals surface area (Å²) in [6, 6.07) is 3.79. The Hall–Kier alpha value is -0.550. The number of pyridine rings is 1. The van der Waals surface area contributed by atoms with E-state index in [-0.39, 0.29) is 4.75 Å². The molecule has 3 nitrogen and oxygen atoms in total. The summed E-state index contributed by atoms with van der Waals surface area (Å²) in [5.41, 5.74) is 1.76. The Bertz CT molecular complexity index is 435. The van der Waals surface area contributed by atoms with Gasteiger partial charge in [0, 0.05) is 11.8 Å². The van der Waals surface area contributed by atoms with Crippen LogP contribution in [0.4, 0.5) is 0 Å². The van der Waals surface area contributed by atoms with E-state index < -0.39 is 11.0 Å². The zero-order chi connectivity index (χ0) is 13.1. The van der Waals surface area contributed by atoms with Gasteiger partial charge in [0.25, 0.3) is 0 Å². The van der Waals surface area contributed by atoms with Gasteiger partial charge in [0.15, 0.2) is 0 Å². The van der Waals surface area contributed by atoms with Crippen LogP contribution in [0.3, 0.4) is 0 Å². The summed E-state index contributed by atoms with van der Waals surface area (Å²) < 4.78 is 16.7. The van der Waals surface area contributed by atoms with Gasteiger partial charge in [0.05, 0.1) is 10.5 Å². The Kier molecular flexibility index (Phi) is 5.01. The van der Waals surface area contributed by atoms with Crippen molar-refractivity contribution in [1.82, 2.24) is 4.98 Å². The van der Waals surface area contributed by atoms with Gasteiger partial charge in [-0.1, -0.05) is 6.92 Å². The molecule has 1 aromatic heterocycles. The largest absolute Gasteiger partial charge is 0.249 e. The van der Waals surface area contributed by atoms with Gasteiger partial charge in [-0.15, -0.1) is 0 Å². The third kappa shape index (κ3) is 4.32. The molecule has 17 heavy (non-hydrogen) atoms. The van der Waals surface area contributed by atoms with Gasteiger partial charge in [-0.05, 0) is 55.3 Å². The summed E-state index contributed by atoms with van der Waals surface area (Å²) in [6.07, 6.45) is 2.48. The smallest absolute Gasteiger partial charge is 0.145 e. The van der Waals surface area contributed by atoms with Crippen molar-refractivity contribution in [3.05, 3.63) is 28.5 Å². The highest BCUT2D eigenvalue weighted by molar-refractivity contribution is 9.10. The van der Waals surface area contributed by atoms with Crippen molar-refractivity contribution in [2.24, 2.45) is 4.40 Å². The van der Waals surface area contributed by atoms with Crippen molar-refractivity contribution in [3.8, 4) is 0 Å². The molecule has 0 saturated heterocycles. The molecule has 1 unspecified atom stereocenters. The highest BCUT2D eigenvalue weighted by atomic mass is 79.9. The average Bonchev–Trinajstić information content (AvgIpc) is 2.25. The van der Waals surface area contributed by atoms with E-state index in [4.69, 9.17) is 0 Å². The minimum absolute atomic E-state index is 0.330. The van der Waals surface area contributed by atoms with Gasteiger partial charge in [-0.3, -0.25) is 0 Å². The molecule has 0 bridgehead atoms. The normalized spacial score (nSPS) is 14.8. The zero-order valence-electron chi connectivity index (χ0n) is 10.5. The lowest BCUT2D eigenvalue weighted by atomic mass is 10.1. The molecule has 0 aliphatic rings. The monoisotopic (exact) mass is 316 g/mol. The minimum Gasteiger partial charge on any atom is -0.249 e. The van der Waals surface area contributed by atoms with E-state index in [1.165, 1.54) is 0 Å². The maximum absolute atomic E-state index is 12.0. The van der Waals surface area contributed by atoms with Gasteiger partial charge in [0.2, 0.25) is 0 Å². The molecule has 1 atom stereocenters. The molecule has 5 heteroatoms. The summed E-state index contributed by atoms with van der Waals surface area (Å²) in [4.78, 5) is 4.15. The molecule has 0 aliphatic heterocycles. The molecule has 0 saturated carbocycles. The van der Waals surface area contributed by atoms with E-state index >= 15 is 0 Å². The van der Waals surface area contributed by atoms with Crippen LogP contribution < -0.4 is 0 Å². The van der Waals surface area contributed by atoms with Crippen LogP contribution >= 0.6 is 15.9 Å². The van der Waals surface area contributed by atoms with Crippen LogP contribution in [0.5, 0.6) is 0 Å². The predicted octanol–water partition coefficient (Wildman–Crippen LogP) is 3.51. The van der Waals surface area contributed by atoms with Crippen LogP contribution in [0, 0.1) is 0 Å². The first-order valence-corrected chi connectivity index (χ1v) is 7.36. The van der Waals surface area contributed by atoms with E-state index in [9.17, 15) is 4.21 Å². The van der Waals surface area contributed by atoms with E-state index in [1.54, 1.807) is 6.20 Å². The second-order valence-corrected chi connectivity index (χ2v) is 7.34. The molecule has 0 radical (unpaired) electrons. The standard InChI is InChI=1S/C12H17BrN2OS/c1-5-10(15-17(16)12(2,3)4)9-6-7-11(13)14-8-9/h6-8H,5H2,1-4H3. The highest BCUT2D eigenvalue weighted by Gasteiger charge is 2.19. The Morgan fingerprint density at radius 2 is 2.12 bits per heavy atom. The second kappa shape index (κ2) is 5.87. The third-order valence-corrected chi connectivity index (χ3v) is 4.02. The Morgan fingerprint density at radius 3 is 2.53 bits per heavy atom. The fraction of sp³-hybridized carbons (Fsp3) is 0.500. The van der Waals surface area contributed by atoms with Crippen LogP contribution in [0.2, 0.25) is 0 Å². The Balaban J connectivity index is 3.04. The molecule has 0 amide bonds. The second-order valence-electron chi connectivity index (χ2n) is 4.62. The number of aromatic nitrogens is 1. The molecule has 1 heterocycles. The molecule has 1 rings (SSSR count). The van der Waals surface area contributed by atoms with Crippen LogP contribution in [-0.4, -0.2) is 19.7 Å². The van der Waals surface area contributed by atoms with Crippen molar-refractivity contribution < 1.29 is 4.21 Å². The fourth-order valence-electron chi connectivity index (χ4n) is 1.10. The average molecular weight is 317 g/mol. The number of nitrogens with zero attached hydrogens (tertiary/aromatic N) is 2. The summed E-state index contributed by atoms with van der Waals surface area (Å²) >= 11 is 3.29. The van der Waals surface area contributed by atoms with Gasteiger partial charge in [-0.2, -0.15) is 4.40 Å². The summed E-state index contributed by atoms with van der Waals surface area (Å²) in [7, 11) is -1.22. The van der Waals surface area contributed by atoms with Crippen LogP contribution in [-0.2, 0) is 11.0 Å². The van der Waals surface area contributed by atoms with Crippen molar-refractivity contribution >= 4 is 32.6 Å². The first-order valence-electron chi connectivity index (χ1n) is 5.46. The maximum Gasteiger partial charge on any atom is 0.145 e. The van der Waals surface area contributed by atoms with Crippen molar-refractivity contribution in [2.75, 3.05) is 0 Å². The van der Waals surface area contributed by atoms with Crippen LogP contribution in [0.1, 0.15) is 39.7 Å².